The van der Waals surface area contributed by atoms with E-state index in [9.17, 15) is 0 Å². The molecule has 132 valence electrons. The second-order valence-corrected chi connectivity index (χ2v) is 6.92. The number of halogens is 1. The van der Waals surface area contributed by atoms with Crippen LogP contribution in [0.4, 0.5) is 0 Å². The van der Waals surface area contributed by atoms with Gasteiger partial charge in [-0.2, -0.15) is 0 Å². The van der Waals surface area contributed by atoms with Gasteiger partial charge in [-0.3, -0.25) is 9.88 Å². The summed E-state index contributed by atoms with van der Waals surface area (Å²) in [6.07, 6.45) is 3.77. The van der Waals surface area contributed by atoms with Gasteiger partial charge in [0, 0.05) is 44.6 Å². The number of aryl methyl sites for hydroxylation is 1. The van der Waals surface area contributed by atoms with E-state index in [-0.39, 0.29) is 12.4 Å². The van der Waals surface area contributed by atoms with Crippen LogP contribution >= 0.6 is 23.7 Å². The number of thiophene rings is 1. The highest BCUT2D eigenvalue weighted by Crippen LogP contribution is 2.28. The number of aromatic nitrogens is 2. The molecule has 0 bridgehead atoms. The zero-order chi connectivity index (χ0) is 16.4. The summed E-state index contributed by atoms with van der Waals surface area (Å²) in [5.74, 6) is 1.63. The maximum Gasteiger partial charge on any atom is 0.236 e. The molecule has 4 rings (SSSR count). The highest BCUT2D eigenvalue weighted by atomic mass is 35.5. The van der Waals surface area contributed by atoms with Crippen LogP contribution in [0.1, 0.15) is 23.1 Å². The summed E-state index contributed by atoms with van der Waals surface area (Å²) < 4.78 is 5.89. The molecular weight excluding hydrogens is 356 g/mol. The summed E-state index contributed by atoms with van der Waals surface area (Å²) in [5, 5.41) is 5.52. The molecule has 0 spiro atoms. The number of pyridine rings is 1. The van der Waals surface area contributed by atoms with Crippen LogP contribution in [0.3, 0.4) is 0 Å². The fraction of sp³-hybridized carbons (Fsp3) is 0.333. The van der Waals surface area contributed by atoms with Gasteiger partial charge in [-0.25, -0.2) is 4.98 Å². The summed E-state index contributed by atoms with van der Waals surface area (Å²) in [6.45, 7) is 5.70. The third-order valence-electron chi connectivity index (χ3n) is 4.40. The molecule has 4 heterocycles. The number of hydrogen-bond donors (Lipinski definition) is 1. The third kappa shape index (κ3) is 3.93. The highest BCUT2D eigenvalue weighted by molar-refractivity contribution is 7.13. The molecular formula is C18H21ClN4OS. The molecule has 1 aliphatic rings. The first-order valence-corrected chi connectivity index (χ1v) is 9.04. The van der Waals surface area contributed by atoms with Crippen molar-refractivity contribution in [3.63, 3.8) is 0 Å². The van der Waals surface area contributed by atoms with E-state index in [1.165, 1.54) is 5.56 Å². The number of oxazole rings is 1. The van der Waals surface area contributed by atoms with Crippen LogP contribution in [0.25, 0.3) is 10.8 Å². The lowest BCUT2D eigenvalue weighted by molar-refractivity contribution is 0.151. The lowest BCUT2D eigenvalue weighted by Crippen LogP contribution is -2.45. The molecule has 0 aromatic carbocycles. The Morgan fingerprint density at radius 1 is 1.36 bits per heavy atom. The van der Waals surface area contributed by atoms with E-state index >= 15 is 0 Å². The maximum absolute atomic E-state index is 5.89. The Hall–Kier alpha value is -1.73. The average Bonchev–Trinajstić information content (AvgIpc) is 3.27. The van der Waals surface area contributed by atoms with Crippen molar-refractivity contribution in [3.8, 4) is 10.8 Å². The summed E-state index contributed by atoms with van der Waals surface area (Å²) in [5.41, 5.74) is 2.26. The summed E-state index contributed by atoms with van der Waals surface area (Å²) in [6, 6.07) is 8.52. The predicted octanol–water partition coefficient (Wildman–Crippen LogP) is 3.67. The van der Waals surface area contributed by atoms with E-state index in [4.69, 9.17) is 9.40 Å². The third-order valence-corrected chi connectivity index (χ3v) is 5.26. The monoisotopic (exact) mass is 376 g/mol. The molecule has 0 saturated carbocycles. The fourth-order valence-corrected chi connectivity index (χ4v) is 3.76. The SMILES string of the molecule is Cc1oc(-c2cccs2)nc1CN1CCNCC1c1cccnc1.Cl. The number of nitrogens with zero attached hydrogens (tertiary/aromatic N) is 3. The van der Waals surface area contributed by atoms with Gasteiger partial charge in [-0.1, -0.05) is 12.1 Å². The Labute approximate surface area is 157 Å². The molecule has 25 heavy (non-hydrogen) atoms. The number of piperazine rings is 1. The number of nitrogens with one attached hydrogen (secondary N) is 1. The second kappa shape index (κ2) is 8.10. The Kier molecular flexibility index (Phi) is 5.86. The van der Waals surface area contributed by atoms with E-state index in [1.54, 1.807) is 11.3 Å². The average molecular weight is 377 g/mol. The quantitative estimate of drug-likeness (QED) is 0.752. The van der Waals surface area contributed by atoms with Crippen molar-refractivity contribution in [3.05, 3.63) is 59.1 Å². The molecule has 3 aromatic heterocycles. The van der Waals surface area contributed by atoms with Crippen molar-refractivity contribution < 1.29 is 4.42 Å². The molecule has 0 amide bonds. The Morgan fingerprint density at radius 2 is 2.28 bits per heavy atom. The molecule has 1 fully saturated rings. The summed E-state index contributed by atoms with van der Waals surface area (Å²) in [4.78, 5) is 12.5. The molecule has 1 saturated heterocycles. The molecule has 3 aromatic rings. The molecule has 1 N–H and O–H groups in total. The van der Waals surface area contributed by atoms with Crippen LogP contribution in [-0.2, 0) is 6.54 Å². The molecule has 1 unspecified atom stereocenters. The first-order chi connectivity index (χ1) is 11.8. The van der Waals surface area contributed by atoms with Crippen molar-refractivity contribution in [2.24, 2.45) is 0 Å². The first kappa shape index (κ1) is 18.1. The normalized spacial score (nSPS) is 18.0. The van der Waals surface area contributed by atoms with Gasteiger partial charge < -0.3 is 9.73 Å². The van der Waals surface area contributed by atoms with E-state index in [1.807, 2.05) is 42.9 Å². The maximum atomic E-state index is 5.89. The predicted molar refractivity (Wildman–Crippen MR) is 102 cm³/mol. The smallest absolute Gasteiger partial charge is 0.236 e. The Morgan fingerprint density at radius 3 is 3.04 bits per heavy atom. The van der Waals surface area contributed by atoms with Crippen molar-refractivity contribution in [1.82, 2.24) is 20.2 Å². The molecule has 1 atom stereocenters. The number of rotatable bonds is 4. The molecule has 5 nitrogen and oxygen atoms in total. The van der Waals surface area contributed by atoms with Crippen LogP contribution in [0.15, 0.2) is 46.5 Å². The van der Waals surface area contributed by atoms with Crippen LogP contribution in [0.2, 0.25) is 0 Å². The molecule has 7 heteroatoms. The molecule has 1 aliphatic heterocycles. The van der Waals surface area contributed by atoms with Gasteiger partial charge in [0.25, 0.3) is 0 Å². The van der Waals surface area contributed by atoms with Crippen LogP contribution in [0, 0.1) is 6.92 Å². The second-order valence-electron chi connectivity index (χ2n) is 5.98. The highest BCUT2D eigenvalue weighted by Gasteiger charge is 2.26. The fourth-order valence-electron chi connectivity index (χ4n) is 3.11. The van der Waals surface area contributed by atoms with E-state index < -0.39 is 0 Å². The minimum absolute atomic E-state index is 0. The van der Waals surface area contributed by atoms with Gasteiger partial charge in [0.05, 0.1) is 10.6 Å². The lowest BCUT2D eigenvalue weighted by atomic mass is 10.1. The standard InChI is InChI=1S/C18H20N4OS.ClH/c1-13-15(21-18(23-13)17-5-3-9-24-17)12-22-8-7-20-11-16(22)14-4-2-6-19-10-14;/h2-6,9-10,16,20H,7-8,11-12H2,1H3;1H. The summed E-state index contributed by atoms with van der Waals surface area (Å²) in [7, 11) is 0. The molecule has 0 aliphatic carbocycles. The topological polar surface area (TPSA) is 54.2 Å². The Balaban J connectivity index is 0.00000182. The van der Waals surface area contributed by atoms with Gasteiger partial charge in [0.1, 0.15) is 5.76 Å². The van der Waals surface area contributed by atoms with Crippen LogP contribution < -0.4 is 5.32 Å². The molecule has 0 radical (unpaired) electrons. The minimum Gasteiger partial charge on any atom is -0.440 e. The van der Waals surface area contributed by atoms with Gasteiger partial charge in [-0.15, -0.1) is 23.7 Å². The van der Waals surface area contributed by atoms with Gasteiger partial charge in [0.15, 0.2) is 0 Å². The zero-order valence-electron chi connectivity index (χ0n) is 14.0. The van der Waals surface area contributed by atoms with E-state index in [0.29, 0.717) is 6.04 Å². The van der Waals surface area contributed by atoms with Crippen molar-refractivity contribution in [1.29, 1.82) is 0 Å². The van der Waals surface area contributed by atoms with E-state index in [2.05, 4.69) is 21.3 Å². The van der Waals surface area contributed by atoms with E-state index in [0.717, 1.165) is 48.4 Å². The summed E-state index contributed by atoms with van der Waals surface area (Å²) >= 11 is 1.65. The minimum atomic E-state index is 0. The number of hydrogen-bond acceptors (Lipinski definition) is 6. The van der Waals surface area contributed by atoms with Gasteiger partial charge in [-0.05, 0) is 30.0 Å². The van der Waals surface area contributed by atoms with Gasteiger partial charge in [0.2, 0.25) is 5.89 Å². The largest absolute Gasteiger partial charge is 0.440 e. The first-order valence-electron chi connectivity index (χ1n) is 8.16. The van der Waals surface area contributed by atoms with Crippen molar-refractivity contribution in [2.45, 2.75) is 19.5 Å². The van der Waals surface area contributed by atoms with Crippen molar-refractivity contribution in [2.75, 3.05) is 19.6 Å². The van der Waals surface area contributed by atoms with Crippen LogP contribution in [0.5, 0.6) is 0 Å². The Bertz CT molecular complexity index is 791. The zero-order valence-corrected chi connectivity index (χ0v) is 15.6. The van der Waals surface area contributed by atoms with Gasteiger partial charge >= 0.3 is 0 Å². The lowest BCUT2D eigenvalue weighted by Gasteiger charge is -2.35. The van der Waals surface area contributed by atoms with Crippen LogP contribution in [-0.4, -0.2) is 34.5 Å². The van der Waals surface area contributed by atoms with Crippen molar-refractivity contribution >= 4 is 23.7 Å².